The van der Waals surface area contributed by atoms with E-state index in [1.54, 1.807) is 6.92 Å². The predicted molar refractivity (Wildman–Crippen MR) is 84.3 cm³/mol. The lowest BCUT2D eigenvalue weighted by Crippen LogP contribution is -2.49. The normalized spacial score (nSPS) is 20.5. The Morgan fingerprint density at radius 1 is 1.28 bits per heavy atom. The highest BCUT2D eigenvalue weighted by Gasteiger charge is 2.36. The van der Waals surface area contributed by atoms with Crippen molar-refractivity contribution in [3.8, 4) is 5.69 Å². The number of carboxylic acids is 1. The quantitative estimate of drug-likeness (QED) is 0.924. The maximum Gasteiger partial charge on any atom is 0.308 e. The van der Waals surface area contributed by atoms with Gasteiger partial charge in [-0.05, 0) is 38.0 Å². The van der Waals surface area contributed by atoms with Crippen LogP contribution < -0.4 is 0 Å². The number of benzene rings is 1. The maximum atomic E-state index is 13.8. The van der Waals surface area contributed by atoms with Crippen LogP contribution in [0, 0.1) is 17.6 Å². The number of aliphatic carboxylic acids is 1. The summed E-state index contributed by atoms with van der Waals surface area (Å²) < 4.78 is 28.0. The minimum Gasteiger partial charge on any atom is -0.481 e. The SMILES string of the molecule is C[C@@H]1[C@H](C(=O)O)CCCN1C(=O)c1ccn(-c2ccc(F)cc2F)n1. The molecule has 1 amide bonds. The zero-order chi connectivity index (χ0) is 18.1. The number of carbonyl (C=O) groups is 2. The first kappa shape index (κ1) is 17.1. The highest BCUT2D eigenvalue weighted by atomic mass is 19.1. The number of carboxylic acid groups (broad SMARTS) is 1. The summed E-state index contributed by atoms with van der Waals surface area (Å²) in [6.45, 7) is 2.15. The van der Waals surface area contributed by atoms with E-state index in [4.69, 9.17) is 0 Å². The van der Waals surface area contributed by atoms with Gasteiger partial charge in [0.2, 0.25) is 0 Å². The van der Waals surface area contributed by atoms with Crippen molar-refractivity contribution < 1.29 is 23.5 Å². The average Bonchev–Trinajstić information content (AvgIpc) is 3.04. The Morgan fingerprint density at radius 3 is 2.72 bits per heavy atom. The number of carbonyl (C=O) groups excluding carboxylic acids is 1. The van der Waals surface area contributed by atoms with Gasteiger partial charge in [-0.15, -0.1) is 0 Å². The molecule has 6 nitrogen and oxygen atoms in total. The van der Waals surface area contributed by atoms with Crippen LogP contribution in [-0.2, 0) is 4.79 Å². The van der Waals surface area contributed by atoms with Gasteiger partial charge in [-0.3, -0.25) is 9.59 Å². The molecule has 2 atom stereocenters. The summed E-state index contributed by atoms with van der Waals surface area (Å²) in [5, 5.41) is 13.3. The molecule has 0 aliphatic carbocycles. The Morgan fingerprint density at radius 2 is 2.04 bits per heavy atom. The largest absolute Gasteiger partial charge is 0.481 e. The van der Waals surface area contributed by atoms with Crippen LogP contribution in [0.2, 0.25) is 0 Å². The molecule has 0 saturated carbocycles. The summed E-state index contributed by atoms with van der Waals surface area (Å²) in [4.78, 5) is 25.4. The Balaban J connectivity index is 1.84. The van der Waals surface area contributed by atoms with Crippen LogP contribution >= 0.6 is 0 Å². The second-order valence-electron chi connectivity index (χ2n) is 6.07. The molecule has 1 aromatic heterocycles. The number of hydrogen-bond acceptors (Lipinski definition) is 3. The van der Waals surface area contributed by atoms with Crippen LogP contribution in [0.5, 0.6) is 0 Å². The molecule has 25 heavy (non-hydrogen) atoms. The zero-order valence-electron chi connectivity index (χ0n) is 13.5. The molecule has 1 aromatic carbocycles. The van der Waals surface area contributed by atoms with Gasteiger partial charge in [0.1, 0.15) is 11.5 Å². The topological polar surface area (TPSA) is 75.4 Å². The number of amides is 1. The zero-order valence-corrected chi connectivity index (χ0v) is 13.5. The Labute approximate surface area is 142 Å². The first-order valence-electron chi connectivity index (χ1n) is 7.93. The van der Waals surface area contributed by atoms with Crippen LogP contribution in [0.1, 0.15) is 30.3 Å². The van der Waals surface area contributed by atoms with Gasteiger partial charge in [-0.2, -0.15) is 5.10 Å². The lowest BCUT2D eigenvalue weighted by molar-refractivity contribution is -0.144. The fraction of sp³-hybridized carbons (Fsp3) is 0.353. The summed E-state index contributed by atoms with van der Waals surface area (Å²) in [7, 11) is 0. The molecule has 132 valence electrons. The molecular weight excluding hydrogens is 332 g/mol. The van der Waals surface area contributed by atoms with Crippen LogP contribution in [0.15, 0.2) is 30.5 Å². The van der Waals surface area contributed by atoms with E-state index in [1.165, 1.54) is 23.2 Å². The van der Waals surface area contributed by atoms with Crippen LogP contribution in [0.25, 0.3) is 5.69 Å². The van der Waals surface area contributed by atoms with E-state index in [2.05, 4.69) is 5.10 Å². The Kier molecular flexibility index (Phi) is 4.52. The first-order valence-corrected chi connectivity index (χ1v) is 7.93. The molecule has 0 bridgehead atoms. The third-order valence-electron chi connectivity index (χ3n) is 4.53. The van der Waals surface area contributed by atoms with Gasteiger partial charge in [0, 0.05) is 24.8 Å². The molecule has 1 aliphatic heterocycles. The van der Waals surface area contributed by atoms with E-state index in [0.29, 0.717) is 19.4 Å². The molecule has 8 heteroatoms. The number of hydrogen-bond donors (Lipinski definition) is 1. The van der Waals surface area contributed by atoms with Gasteiger partial charge in [0.25, 0.3) is 5.91 Å². The van der Waals surface area contributed by atoms with E-state index in [-0.39, 0.29) is 11.4 Å². The van der Waals surface area contributed by atoms with E-state index in [1.807, 2.05) is 0 Å². The summed E-state index contributed by atoms with van der Waals surface area (Å²) >= 11 is 0. The summed E-state index contributed by atoms with van der Waals surface area (Å²) in [5.41, 5.74) is 0.108. The fourth-order valence-electron chi connectivity index (χ4n) is 3.15. The molecule has 0 unspecified atom stereocenters. The van der Waals surface area contributed by atoms with Gasteiger partial charge >= 0.3 is 5.97 Å². The van der Waals surface area contributed by atoms with Crippen molar-refractivity contribution in [3.05, 3.63) is 47.8 Å². The van der Waals surface area contributed by atoms with Crippen molar-refractivity contribution in [2.75, 3.05) is 6.54 Å². The summed E-state index contributed by atoms with van der Waals surface area (Å²) in [5.74, 6) is -3.44. The molecular formula is C17H17F2N3O3. The van der Waals surface area contributed by atoms with Gasteiger partial charge in [-0.1, -0.05) is 0 Å². The van der Waals surface area contributed by atoms with Crippen LogP contribution in [0.3, 0.4) is 0 Å². The van der Waals surface area contributed by atoms with E-state index in [0.717, 1.165) is 16.8 Å². The second-order valence-corrected chi connectivity index (χ2v) is 6.07. The summed E-state index contributed by atoms with van der Waals surface area (Å²) in [6, 6.07) is 4.05. The third kappa shape index (κ3) is 3.24. The molecule has 2 aromatic rings. The Hall–Kier alpha value is -2.77. The highest BCUT2D eigenvalue weighted by Crippen LogP contribution is 2.25. The van der Waals surface area contributed by atoms with Crippen LogP contribution in [-0.4, -0.2) is 44.3 Å². The lowest BCUT2D eigenvalue weighted by Gasteiger charge is -2.37. The monoisotopic (exact) mass is 349 g/mol. The number of piperidine rings is 1. The highest BCUT2D eigenvalue weighted by molar-refractivity contribution is 5.93. The first-order chi connectivity index (χ1) is 11.9. The van der Waals surface area contributed by atoms with Gasteiger partial charge in [0.05, 0.1) is 5.92 Å². The summed E-state index contributed by atoms with van der Waals surface area (Å²) in [6.07, 6.45) is 2.53. The van der Waals surface area contributed by atoms with Gasteiger partial charge in [-0.25, -0.2) is 13.5 Å². The number of aromatic nitrogens is 2. The predicted octanol–water partition coefficient (Wildman–Crippen LogP) is 2.48. The lowest BCUT2D eigenvalue weighted by atomic mass is 9.90. The standard InChI is InChI=1S/C17H17F2N3O3/c1-10-12(17(24)25)3-2-7-21(10)16(23)14-6-8-22(20-14)15-5-4-11(18)9-13(15)19/h4-6,8-10,12H,2-3,7H2,1H3,(H,24,25)/t10-,12-/m1/s1. The third-order valence-corrected chi connectivity index (χ3v) is 4.53. The fourth-order valence-corrected chi connectivity index (χ4v) is 3.15. The van der Waals surface area contributed by atoms with Crippen molar-refractivity contribution in [1.82, 2.24) is 14.7 Å². The number of likely N-dealkylation sites (tertiary alicyclic amines) is 1. The maximum absolute atomic E-state index is 13.8. The number of halogens is 2. The molecule has 0 spiro atoms. The Bertz CT molecular complexity index is 821. The molecule has 3 rings (SSSR count). The molecule has 1 saturated heterocycles. The molecule has 1 fully saturated rings. The number of nitrogens with zero attached hydrogens (tertiary/aromatic N) is 3. The minimum atomic E-state index is -0.927. The van der Waals surface area contributed by atoms with Crippen molar-refractivity contribution in [1.29, 1.82) is 0 Å². The molecule has 1 N–H and O–H groups in total. The van der Waals surface area contributed by atoms with E-state index >= 15 is 0 Å². The second kappa shape index (κ2) is 6.62. The number of rotatable bonds is 3. The van der Waals surface area contributed by atoms with Crippen molar-refractivity contribution in [2.45, 2.75) is 25.8 Å². The average molecular weight is 349 g/mol. The van der Waals surface area contributed by atoms with Gasteiger partial charge in [0.15, 0.2) is 11.5 Å². The van der Waals surface area contributed by atoms with Crippen molar-refractivity contribution in [3.63, 3.8) is 0 Å². The van der Waals surface area contributed by atoms with Gasteiger partial charge < -0.3 is 10.0 Å². The van der Waals surface area contributed by atoms with E-state index in [9.17, 15) is 23.5 Å². The smallest absolute Gasteiger partial charge is 0.308 e. The van der Waals surface area contributed by atoms with Crippen molar-refractivity contribution >= 4 is 11.9 Å². The minimum absolute atomic E-state index is 0.0237. The molecule has 0 radical (unpaired) electrons. The molecule has 2 heterocycles. The van der Waals surface area contributed by atoms with Crippen molar-refractivity contribution in [2.24, 2.45) is 5.92 Å². The molecule has 1 aliphatic rings. The van der Waals surface area contributed by atoms with E-state index < -0.39 is 35.5 Å². The van der Waals surface area contributed by atoms with Crippen LogP contribution in [0.4, 0.5) is 8.78 Å².